The highest BCUT2D eigenvalue weighted by molar-refractivity contribution is 5.14. The van der Waals surface area contributed by atoms with Gasteiger partial charge in [0.1, 0.15) is 12.2 Å². The van der Waals surface area contributed by atoms with Gasteiger partial charge in [0.15, 0.2) is 0 Å². The fraction of sp³-hybridized carbons (Fsp3) is 0.750. The Morgan fingerprint density at radius 3 is 3.10 bits per heavy atom. The Balaban J connectivity index is 1.94. The van der Waals surface area contributed by atoms with Crippen LogP contribution < -0.4 is 0 Å². The maximum atomic E-state index is 5.54. The van der Waals surface area contributed by atoms with Crippen LogP contribution >= 0.6 is 0 Å². The molecule has 1 spiro atoms. The Hall–Kier alpha value is -0.500. The van der Waals surface area contributed by atoms with Gasteiger partial charge in [-0.2, -0.15) is 0 Å². The summed E-state index contributed by atoms with van der Waals surface area (Å²) in [6, 6.07) is 0. The van der Waals surface area contributed by atoms with E-state index in [0.717, 1.165) is 6.61 Å². The zero-order valence-corrected chi connectivity index (χ0v) is 5.75. The van der Waals surface area contributed by atoms with Crippen molar-refractivity contribution in [2.75, 3.05) is 6.61 Å². The zero-order valence-electron chi connectivity index (χ0n) is 5.75. The highest BCUT2D eigenvalue weighted by Crippen LogP contribution is 2.56. The number of fused-ring (bicyclic) bond motifs is 2. The van der Waals surface area contributed by atoms with Crippen molar-refractivity contribution < 1.29 is 9.47 Å². The van der Waals surface area contributed by atoms with Gasteiger partial charge in [-0.25, -0.2) is 0 Å². The van der Waals surface area contributed by atoms with E-state index in [2.05, 4.69) is 0 Å². The van der Waals surface area contributed by atoms with E-state index < -0.39 is 0 Å². The summed E-state index contributed by atoms with van der Waals surface area (Å²) < 4.78 is 11.0. The maximum Gasteiger partial charge on any atom is 0.135 e. The van der Waals surface area contributed by atoms with Crippen LogP contribution in [0, 0.1) is 5.41 Å². The third-order valence-corrected chi connectivity index (χ3v) is 2.85. The van der Waals surface area contributed by atoms with Crippen molar-refractivity contribution in [3.8, 4) is 0 Å². The molecule has 2 heterocycles. The van der Waals surface area contributed by atoms with E-state index in [4.69, 9.17) is 9.47 Å². The SMILES string of the molecule is C1=CC2OCC3(CC3)C2O1. The van der Waals surface area contributed by atoms with E-state index in [9.17, 15) is 0 Å². The van der Waals surface area contributed by atoms with Crippen molar-refractivity contribution in [1.29, 1.82) is 0 Å². The first-order valence-corrected chi connectivity index (χ1v) is 3.85. The van der Waals surface area contributed by atoms with Gasteiger partial charge in [0, 0.05) is 5.41 Å². The topological polar surface area (TPSA) is 18.5 Å². The zero-order chi connectivity index (χ0) is 6.60. The van der Waals surface area contributed by atoms with Gasteiger partial charge in [0.25, 0.3) is 0 Å². The molecule has 0 N–H and O–H groups in total. The molecule has 2 nitrogen and oxygen atoms in total. The molecule has 3 aliphatic rings. The van der Waals surface area contributed by atoms with Crippen molar-refractivity contribution in [3.63, 3.8) is 0 Å². The molecule has 2 fully saturated rings. The third-order valence-electron chi connectivity index (χ3n) is 2.85. The molecular formula is C8H10O2. The largest absolute Gasteiger partial charge is 0.495 e. The van der Waals surface area contributed by atoms with Crippen LogP contribution in [0.3, 0.4) is 0 Å². The Labute approximate surface area is 59.8 Å². The Morgan fingerprint density at radius 2 is 2.30 bits per heavy atom. The molecule has 2 unspecified atom stereocenters. The van der Waals surface area contributed by atoms with Crippen molar-refractivity contribution in [2.24, 2.45) is 5.41 Å². The molecule has 1 saturated heterocycles. The van der Waals surface area contributed by atoms with Gasteiger partial charge in [-0.15, -0.1) is 0 Å². The van der Waals surface area contributed by atoms with Crippen molar-refractivity contribution >= 4 is 0 Å². The van der Waals surface area contributed by atoms with Gasteiger partial charge in [0.2, 0.25) is 0 Å². The van der Waals surface area contributed by atoms with Crippen LogP contribution in [0.5, 0.6) is 0 Å². The normalized spacial score (nSPS) is 45.6. The van der Waals surface area contributed by atoms with Crippen LogP contribution in [-0.4, -0.2) is 18.8 Å². The molecule has 3 rings (SSSR count). The molecule has 2 heteroatoms. The summed E-state index contributed by atoms with van der Waals surface area (Å²) in [6.45, 7) is 0.923. The monoisotopic (exact) mass is 138 g/mol. The van der Waals surface area contributed by atoms with Gasteiger partial charge in [0.05, 0.1) is 12.9 Å². The van der Waals surface area contributed by atoms with Gasteiger partial charge >= 0.3 is 0 Å². The Morgan fingerprint density at radius 1 is 1.40 bits per heavy atom. The van der Waals surface area contributed by atoms with Gasteiger partial charge in [-0.05, 0) is 18.9 Å². The minimum absolute atomic E-state index is 0.280. The average molecular weight is 138 g/mol. The first-order chi connectivity index (χ1) is 4.91. The first-order valence-electron chi connectivity index (χ1n) is 3.85. The lowest BCUT2D eigenvalue weighted by Crippen LogP contribution is -2.23. The van der Waals surface area contributed by atoms with Crippen LogP contribution in [0.25, 0.3) is 0 Å². The molecule has 1 saturated carbocycles. The molecule has 54 valence electrons. The highest BCUT2D eigenvalue weighted by Gasteiger charge is 2.59. The van der Waals surface area contributed by atoms with Gasteiger partial charge in [-0.1, -0.05) is 0 Å². The average Bonchev–Trinajstić information content (AvgIpc) is 2.40. The number of ether oxygens (including phenoxy) is 2. The third kappa shape index (κ3) is 0.451. The lowest BCUT2D eigenvalue weighted by atomic mass is 10.0. The molecule has 1 aliphatic carbocycles. The summed E-state index contributed by atoms with van der Waals surface area (Å²) in [5, 5.41) is 0. The van der Waals surface area contributed by atoms with Crippen LogP contribution in [0.2, 0.25) is 0 Å². The van der Waals surface area contributed by atoms with E-state index in [1.165, 1.54) is 12.8 Å². The number of hydrogen-bond acceptors (Lipinski definition) is 2. The summed E-state index contributed by atoms with van der Waals surface area (Å²) in [5.41, 5.74) is 0.439. The smallest absolute Gasteiger partial charge is 0.135 e. The second-order valence-electron chi connectivity index (χ2n) is 3.52. The first kappa shape index (κ1) is 5.19. The summed E-state index contributed by atoms with van der Waals surface area (Å²) >= 11 is 0. The molecule has 2 atom stereocenters. The molecule has 2 aliphatic heterocycles. The molecule has 0 aromatic rings. The van der Waals surface area contributed by atoms with Crippen LogP contribution in [0.4, 0.5) is 0 Å². The minimum Gasteiger partial charge on any atom is -0.495 e. The molecule has 0 amide bonds. The molecular weight excluding hydrogens is 128 g/mol. The van der Waals surface area contributed by atoms with Crippen molar-refractivity contribution in [2.45, 2.75) is 25.0 Å². The summed E-state index contributed by atoms with van der Waals surface area (Å²) in [7, 11) is 0. The predicted molar refractivity (Wildman–Crippen MR) is 35.4 cm³/mol. The van der Waals surface area contributed by atoms with E-state index in [1.54, 1.807) is 6.26 Å². The van der Waals surface area contributed by atoms with E-state index in [0.29, 0.717) is 11.5 Å². The van der Waals surface area contributed by atoms with Crippen molar-refractivity contribution in [1.82, 2.24) is 0 Å². The van der Waals surface area contributed by atoms with Crippen LogP contribution in [0.15, 0.2) is 12.3 Å². The molecule has 0 aromatic heterocycles. The Kier molecular flexibility index (Phi) is 0.725. The number of rotatable bonds is 0. The second-order valence-corrected chi connectivity index (χ2v) is 3.52. The lowest BCUT2D eigenvalue weighted by molar-refractivity contribution is 0.0829. The summed E-state index contributed by atoms with van der Waals surface area (Å²) in [6.07, 6.45) is 7.06. The van der Waals surface area contributed by atoms with E-state index in [1.807, 2.05) is 6.08 Å². The lowest BCUT2D eigenvalue weighted by Gasteiger charge is -2.13. The van der Waals surface area contributed by atoms with Crippen LogP contribution in [0.1, 0.15) is 12.8 Å². The molecule has 0 radical (unpaired) electrons. The molecule has 0 aromatic carbocycles. The van der Waals surface area contributed by atoms with Crippen molar-refractivity contribution in [3.05, 3.63) is 12.3 Å². The predicted octanol–water partition coefficient (Wildman–Crippen LogP) is 1.08. The summed E-state index contributed by atoms with van der Waals surface area (Å²) in [4.78, 5) is 0. The standard InChI is InChI=1S/C8H10O2/c1-4-9-7-6(1)10-5-8(7)2-3-8/h1,4,6-7H,2-3,5H2. The van der Waals surface area contributed by atoms with E-state index in [-0.39, 0.29) is 6.10 Å². The second kappa shape index (κ2) is 1.40. The van der Waals surface area contributed by atoms with E-state index >= 15 is 0 Å². The maximum absolute atomic E-state index is 5.54. The minimum atomic E-state index is 0.280. The van der Waals surface area contributed by atoms with Gasteiger partial charge in [-0.3, -0.25) is 0 Å². The molecule has 10 heavy (non-hydrogen) atoms. The fourth-order valence-electron chi connectivity index (χ4n) is 1.96. The summed E-state index contributed by atoms with van der Waals surface area (Å²) in [5.74, 6) is 0. The van der Waals surface area contributed by atoms with Gasteiger partial charge < -0.3 is 9.47 Å². The Bertz CT molecular complexity index is 193. The quantitative estimate of drug-likeness (QED) is 0.498. The number of hydrogen-bond donors (Lipinski definition) is 0. The fourth-order valence-corrected chi connectivity index (χ4v) is 1.96. The molecule has 0 bridgehead atoms. The van der Waals surface area contributed by atoms with Crippen LogP contribution in [-0.2, 0) is 9.47 Å². The highest BCUT2D eigenvalue weighted by atomic mass is 16.6.